The number of ether oxygens (including phenoxy) is 1. The van der Waals surface area contributed by atoms with Gasteiger partial charge in [-0.25, -0.2) is 0 Å². The zero-order valence-electron chi connectivity index (χ0n) is 25.9. The van der Waals surface area contributed by atoms with Crippen LogP contribution in [0.5, 0.6) is 0 Å². The van der Waals surface area contributed by atoms with Gasteiger partial charge in [-0.2, -0.15) is 0 Å². The molecule has 3 saturated heterocycles. The second-order valence-corrected chi connectivity index (χ2v) is 11.8. The maximum absolute atomic E-state index is 14.8. The molecule has 0 radical (unpaired) electrons. The number of anilines is 2. The number of carbonyl (C=O) groups is 3. The Hall–Kier alpha value is -3.17. The molecule has 4 rings (SSSR count). The van der Waals surface area contributed by atoms with Crippen LogP contribution in [0.15, 0.2) is 49.6 Å². The number of hydrogen-bond acceptors (Lipinski definition) is 6. The molecule has 42 heavy (non-hydrogen) atoms. The predicted molar refractivity (Wildman–Crippen MR) is 165 cm³/mol. The Balaban J connectivity index is 1.82. The minimum atomic E-state index is -1.16. The van der Waals surface area contributed by atoms with E-state index in [9.17, 15) is 19.5 Å². The van der Waals surface area contributed by atoms with Crippen molar-refractivity contribution in [1.82, 2.24) is 9.80 Å². The maximum Gasteiger partial charge on any atom is 0.253 e. The third-order valence-electron chi connectivity index (χ3n) is 9.84. The van der Waals surface area contributed by atoms with Crippen LogP contribution >= 0.6 is 0 Å². The molecule has 0 saturated carbocycles. The van der Waals surface area contributed by atoms with E-state index in [0.717, 1.165) is 18.8 Å². The fourth-order valence-corrected chi connectivity index (χ4v) is 7.67. The summed E-state index contributed by atoms with van der Waals surface area (Å²) in [6.07, 6.45) is 5.42. The van der Waals surface area contributed by atoms with Crippen LogP contribution in [0.2, 0.25) is 0 Å². The number of aliphatic hydroxyl groups is 1. The summed E-state index contributed by atoms with van der Waals surface area (Å²) in [6.45, 7) is 17.8. The molecule has 3 fully saturated rings. The van der Waals surface area contributed by atoms with E-state index in [1.54, 1.807) is 33.9 Å². The highest BCUT2D eigenvalue weighted by molar-refractivity contribution is 6.05. The monoisotopic (exact) mass is 580 g/mol. The van der Waals surface area contributed by atoms with Gasteiger partial charge < -0.3 is 29.4 Å². The largest absolute Gasteiger partial charge is 0.394 e. The average molecular weight is 581 g/mol. The summed E-state index contributed by atoms with van der Waals surface area (Å²) in [7, 11) is 1.71. The summed E-state index contributed by atoms with van der Waals surface area (Å²) >= 11 is 0. The van der Waals surface area contributed by atoms with E-state index in [-0.39, 0.29) is 30.9 Å². The highest BCUT2D eigenvalue weighted by atomic mass is 16.5. The molecule has 6 atom stereocenters. The third-order valence-corrected chi connectivity index (χ3v) is 9.84. The molecule has 2 unspecified atom stereocenters. The first-order chi connectivity index (χ1) is 20.1. The minimum Gasteiger partial charge on any atom is -0.394 e. The van der Waals surface area contributed by atoms with Crippen molar-refractivity contribution in [1.29, 1.82) is 0 Å². The molecule has 0 aliphatic carbocycles. The molecule has 9 nitrogen and oxygen atoms in total. The summed E-state index contributed by atoms with van der Waals surface area (Å²) in [6, 6.07) is 6.29. The van der Waals surface area contributed by atoms with Gasteiger partial charge >= 0.3 is 0 Å². The number of benzene rings is 1. The van der Waals surface area contributed by atoms with Crippen LogP contribution in [0.1, 0.15) is 53.4 Å². The Kier molecular flexibility index (Phi) is 9.52. The van der Waals surface area contributed by atoms with Crippen molar-refractivity contribution in [3.8, 4) is 0 Å². The van der Waals surface area contributed by atoms with Gasteiger partial charge in [0.15, 0.2) is 0 Å². The van der Waals surface area contributed by atoms with Gasteiger partial charge in [-0.3, -0.25) is 14.4 Å². The molecule has 3 heterocycles. The van der Waals surface area contributed by atoms with E-state index < -0.39 is 35.1 Å². The van der Waals surface area contributed by atoms with Gasteiger partial charge in [0.2, 0.25) is 11.8 Å². The van der Waals surface area contributed by atoms with Gasteiger partial charge in [-0.05, 0) is 63.8 Å². The van der Waals surface area contributed by atoms with Crippen molar-refractivity contribution in [3.63, 3.8) is 0 Å². The number of likely N-dealkylation sites (N-methyl/N-ethyl adjacent to an activating group) is 1. The Morgan fingerprint density at radius 3 is 2.19 bits per heavy atom. The lowest BCUT2D eigenvalue weighted by Crippen LogP contribution is -2.59. The zero-order valence-corrected chi connectivity index (χ0v) is 25.9. The number of fused-ring (bicyclic) bond motifs is 1. The van der Waals surface area contributed by atoms with Crippen molar-refractivity contribution in [2.45, 2.75) is 76.7 Å². The SMILES string of the molecule is C=CCN(C)C(=O)[C@H]1[C@H]2C(=O)N([C@@H](CC)CO)C(C(=O)N(CC=C)c3ccc(N(CC)CC)cc3)C23CC[C@]1(CC)O3. The molecule has 230 valence electrons. The summed E-state index contributed by atoms with van der Waals surface area (Å²) < 4.78 is 6.90. The number of carbonyl (C=O) groups excluding carboxylic acids is 3. The van der Waals surface area contributed by atoms with Crippen molar-refractivity contribution in [3.05, 3.63) is 49.6 Å². The number of likely N-dealkylation sites (tertiary alicyclic amines) is 1. The molecule has 3 amide bonds. The molecule has 1 spiro atoms. The summed E-state index contributed by atoms with van der Waals surface area (Å²) in [5.74, 6) is -2.27. The molecule has 3 aliphatic heterocycles. The Morgan fingerprint density at radius 1 is 1.05 bits per heavy atom. The lowest BCUT2D eigenvalue weighted by molar-refractivity contribution is -0.153. The van der Waals surface area contributed by atoms with Gasteiger partial charge in [-0.15, -0.1) is 13.2 Å². The zero-order chi connectivity index (χ0) is 30.8. The first-order valence-electron chi connectivity index (χ1n) is 15.4. The highest BCUT2D eigenvalue weighted by Crippen LogP contribution is 2.65. The van der Waals surface area contributed by atoms with E-state index in [0.29, 0.717) is 37.9 Å². The fourth-order valence-electron chi connectivity index (χ4n) is 7.67. The van der Waals surface area contributed by atoms with E-state index in [1.165, 1.54) is 0 Å². The van der Waals surface area contributed by atoms with Crippen LogP contribution in [-0.4, -0.2) is 95.7 Å². The maximum atomic E-state index is 14.8. The van der Waals surface area contributed by atoms with Crippen LogP contribution < -0.4 is 9.80 Å². The Morgan fingerprint density at radius 2 is 1.67 bits per heavy atom. The second-order valence-electron chi connectivity index (χ2n) is 11.8. The van der Waals surface area contributed by atoms with Crippen LogP contribution in [0.25, 0.3) is 0 Å². The molecule has 1 N–H and O–H groups in total. The first-order valence-corrected chi connectivity index (χ1v) is 15.4. The first kappa shape index (κ1) is 31.8. The van der Waals surface area contributed by atoms with Crippen LogP contribution in [0.4, 0.5) is 11.4 Å². The number of amides is 3. The summed E-state index contributed by atoms with van der Waals surface area (Å²) in [5.41, 5.74) is -0.239. The van der Waals surface area contributed by atoms with Crippen molar-refractivity contribution < 1.29 is 24.2 Å². The van der Waals surface area contributed by atoms with E-state index in [2.05, 4.69) is 31.9 Å². The number of nitrogens with zero attached hydrogens (tertiary/aromatic N) is 4. The van der Waals surface area contributed by atoms with E-state index >= 15 is 0 Å². The normalized spacial score (nSPS) is 28.4. The van der Waals surface area contributed by atoms with Crippen molar-refractivity contribution >= 4 is 29.1 Å². The second kappa shape index (κ2) is 12.6. The topological polar surface area (TPSA) is 93.6 Å². The average Bonchev–Trinajstić information content (AvgIpc) is 3.61. The van der Waals surface area contributed by atoms with Crippen molar-refractivity contribution in [2.75, 3.05) is 49.6 Å². The van der Waals surface area contributed by atoms with Gasteiger partial charge in [0.05, 0.1) is 30.1 Å². The van der Waals surface area contributed by atoms with Gasteiger partial charge in [0.1, 0.15) is 11.6 Å². The van der Waals surface area contributed by atoms with Gasteiger partial charge in [-0.1, -0.05) is 26.0 Å². The quantitative estimate of drug-likeness (QED) is 0.338. The predicted octanol–water partition coefficient (Wildman–Crippen LogP) is 3.62. The summed E-state index contributed by atoms with van der Waals surface area (Å²) in [4.78, 5) is 50.2. The van der Waals surface area contributed by atoms with Gasteiger partial charge in [0, 0.05) is 44.6 Å². The Bertz CT molecular complexity index is 1180. The van der Waals surface area contributed by atoms with Crippen LogP contribution in [-0.2, 0) is 19.1 Å². The molecule has 0 aromatic heterocycles. The van der Waals surface area contributed by atoms with Crippen molar-refractivity contribution in [2.24, 2.45) is 11.8 Å². The number of rotatable bonds is 14. The lowest BCUT2D eigenvalue weighted by atomic mass is 9.64. The molecule has 1 aromatic rings. The molecular formula is C33H48N4O5. The molecular weight excluding hydrogens is 532 g/mol. The van der Waals surface area contributed by atoms with E-state index in [4.69, 9.17) is 4.74 Å². The van der Waals surface area contributed by atoms with Gasteiger partial charge in [0.25, 0.3) is 5.91 Å². The highest BCUT2D eigenvalue weighted by Gasteiger charge is 2.79. The van der Waals surface area contributed by atoms with Crippen LogP contribution in [0, 0.1) is 11.8 Å². The smallest absolute Gasteiger partial charge is 0.253 e. The van der Waals surface area contributed by atoms with Crippen LogP contribution in [0.3, 0.4) is 0 Å². The Labute approximate surface area is 250 Å². The fraction of sp³-hybridized carbons (Fsp3) is 0.606. The van der Waals surface area contributed by atoms with E-state index in [1.807, 2.05) is 38.1 Å². The molecule has 3 aliphatic rings. The summed E-state index contributed by atoms with van der Waals surface area (Å²) in [5, 5.41) is 10.4. The standard InChI is InChI=1S/C33H48N4O5/c1-8-20-34(7)29(39)26-27-30(40)37(23(10-3)22-38)28(33(27)19-18-32(26,11-4)42-33)31(41)36(21-9-2)25-16-14-24(15-17-25)35(12-5)13-6/h8-9,14-17,23,26-28,38H,1-2,10-13,18-22H2,3-7H3/t23-,26+,27-,28?,32-,33?/m0/s1. The molecule has 1 aromatic carbocycles. The molecule has 9 heteroatoms. The molecule has 2 bridgehead atoms. The number of aliphatic hydroxyl groups excluding tert-OH is 1. The minimum absolute atomic E-state index is 0.170. The lowest BCUT2D eigenvalue weighted by Gasteiger charge is -2.39. The third kappa shape index (κ3) is 4.84. The number of hydrogen-bond donors (Lipinski definition) is 1.